The van der Waals surface area contributed by atoms with E-state index in [9.17, 15) is 19.8 Å². The summed E-state index contributed by atoms with van der Waals surface area (Å²) in [6, 6.07) is 24.7. The number of carbonyl (C=O) groups excluding carboxylic acids is 1. The van der Waals surface area contributed by atoms with Crippen molar-refractivity contribution < 1.29 is 19.8 Å². The topological polar surface area (TPSA) is 93.6 Å². The summed E-state index contributed by atoms with van der Waals surface area (Å²) in [5.41, 5.74) is 4.39. The van der Waals surface area contributed by atoms with Crippen LogP contribution in [0.15, 0.2) is 96.6 Å². The number of anilines is 1. The minimum absolute atomic E-state index is 0.282. The maximum absolute atomic E-state index is 13.5. The number of carboxylic acid groups (broad SMARTS) is 1. The second-order valence-corrected chi connectivity index (χ2v) is 8.42. The predicted octanol–water partition coefficient (Wildman–Crippen LogP) is 6.21. The van der Waals surface area contributed by atoms with Crippen molar-refractivity contribution in [3.8, 4) is 17.0 Å². The van der Waals surface area contributed by atoms with Crippen LogP contribution in [0.5, 0.6) is 5.75 Å². The summed E-state index contributed by atoms with van der Waals surface area (Å²) in [4.78, 5) is 29.9. The van der Waals surface area contributed by atoms with Crippen molar-refractivity contribution in [1.29, 1.82) is 0 Å². The lowest BCUT2D eigenvalue weighted by Crippen LogP contribution is -2.25. The van der Waals surface area contributed by atoms with Gasteiger partial charge in [0.2, 0.25) is 0 Å². The zero-order valence-corrected chi connectivity index (χ0v) is 19.0. The second-order valence-electron chi connectivity index (χ2n) is 7.98. The highest BCUT2D eigenvalue weighted by molar-refractivity contribution is 6.30. The molecular formula is C28H19ClN2O4. The molecule has 172 valence electrons. The molecule has 0 saturated carbocycles. The molecule has 3 N–H and O–H groups in total. The van der Waals surface area contributed by atoms with Crippen LogP contribution in [0.2, 0.25) is 5.02 Å². The number of aromatic hydroxyl groups is 1. The molecule has 0 spiro atoms. The Balaban J connectivity index is 1.57. The summed E-state index contributed by atoms with van der Waals surface area (Å²) < 4.78 is 0. The largest absolute Gasteiger partial charge is 0.507 e. The summed E-state index contributed by atoms with van der Waals surface area (Å²) in [6.45, 7) is 0. The molecule has 0 bridgehead atoms. The number of carbonyl (C=O) groups is 2. The van der Waals surface area contributed by atoms with Gasteiger partial charge in [-0.3, -0.25) is 9.69 Å². The van der Waals surface area contributed by atoms with Gasteiger partial charge < -0.3 is 15.2 Å². The Morgan fingerprint density at radius 3 is 2.43 bits per heavy atom. The smallest absolute Gasteiger partial charge is 0.339 e. The van der Waals surface area contributed by atoms with Crippen molar-refractivity contribution >= 4 is 40.9 Å². The van der Waals surface area contributed by atoms with Gasteiger partial charge in [-0.1, -0.05) is 54.1 Å². The number of phenols is 1. The number of aromatic carboxylic acids is 1. The zero-order valence-electron chi connectivity index (χ0n) is 18.3. The molecule has 4 aromatic rings. The third-order valence-corrected chi connectivity index (χ3v) is 5.91. The first kappa shape index (κ1) is 22.3. The Bertz CT molecular complexity index is 1520. The fourth-order valence-electron chi connectivity index (χ4n) is 4.02. The molecule has 0 atom stereocenters. The summed E-state index contributed by atoms with van der Waals surface area (Å²) >= 11 is 6.11. The number of aromatic amines is 1. The van der Waals surface area contributed by atoms with Gasteiger partial charge >= 0.3 is 5.97 Å². The van der Waals surface area contributed by atoms with E-state index < -0.39 is 5.97 Å². The molecule has 5 rings (SSSR count). The first-order valence-electron chi connectivity index (χ1n) is 10.8. The minimum Gasteiger partial charge on any atom is -0.507 e. The fourth-order valence-corrected chi connectivity index (χ4v) is 4.21. The van der Waals surface area contributed by atoms with Crippen molar-refractivity contribution in [1.82, 2.24) is 4.98 Å². The van der Waals surface area contributed by atoms with Crippen molar-refractivity contribution in [3.05, 3.63) is 118 Å². The van der Waals surface area contributed by atoms with E-state index in [-0.39, 0.29) is 17.2 Å². The number of carboxylic acids is 1. The second kappa shape index (κ2) is 9.00. The minimum atomic E-state index is -1.28. The fraction of sp³-hybridized carbons (Fsp3) is 0. The zero-order chi connectivity index (χ0) is 24.5. The van der Waals surface area contributed by atoms with Crippen LogP contribution in [0.1, 0.15) is 21.6 Å². The van der Waals surface area contributed by atoms with Crippen LogP contribution in [-0.2, 0) is 4.79 Å². The highest BCUT2D eigenvalue weighted by atomic mass is 35.5. The molecule has 35 heavy (non-hydrogen) atoms. The number of hydrogen-bond acceptors (Lipinski definition) is 3. The number of nitrogens with zero attached hydrogens (tertiary/aromatic N) is 1. The highest BCUT2D eigenvalue weighted by Crippen LogP contribution is 2.37. The Hall–Kier alpha value is -4.55. The molecule has 0 aliphatic carbocycles. The van der Waals surface area contributed by atoms with Gasteiger partial charge in [-0.15, -0.1) is 0 Å². The van der Waals surface area contributed by atoms with Crippen LogP contribution in [0.3, 0.4) is 0 Å². The van der Waals surface area contributed by atoms with Crippen LogP contribution >= 0.6 is 11.6 Å². The van der Waals surface area contributed by atoms with E-state index >= 15 is 0 Å². The number of nitrogens with one attached hydrogen (secondary N) is 1. The Morgan fingerprint density at radius 1 is 0.914 bits per heavy atom. The van der Waals surface area contributed by atoms with Gasteiger partial charge in [-0.25, -0.2) is 4.79 Å². The van der Waals surface area contributed by atoms with E-state index in [0.717, 1.165) is 22.5 Å². The average molecular weight is 483 g/mol. The number of rotatable bonds is 5. The van der Waals surface area contributed by atoms with Crippen LogP contribution in [-0.4, -0.2) is 27.1 Å². The van der Waals surface area contributed by atoms with Crippen molar-refractivity contribution in [3.63, 3.8) is 0 Å². The van der Waals surface area contributed by atoms with Crippen LogP contribution < -0.4 is 4.90 Å². The molecule has 3 aromatic carbocycles. The summed E-state index contributed by atoms with van der Waals surface area (Å²) in [5, 5.41) is 20.0. The standard InChI is InChI=1S/C28H19ClN2O4/c29-20-8-4-7-18(13-20)24-11-9-21(30-24)14-19-15-25(17-5-2-1-3-6-17)31(27(19)33)22-10-12-26(32)23(16-22)28(34)35/h1-16,30,32H,(H,34,35)/b19-14-. The van der Waals surface area contributed by atoms with Crippen LogP contribution in [0, 0.1) is 0 Å². The monoisotopic (exact) mass is 482 g/mol. The van der Waals surface area contributed by atoms with E-state index in [1.165, 1.54) is 23.1 Å². The molecule has 1 amide bonds. The van der Waals surface area contributed by atoms with E-state index in [1.807, 2.05) is 60.7 Å². The maximum Gasteiger partial charge on any atom is 0.339 e. The first-order chi connectivity index (χ1) is 16.9. The molecule has 2 heterocycles. The van der Waals surface area contributed by atoms with Gasteiger partial charge in [0.1, 0.15) is 11.3 Å². The molecule has 1 aliphatic rings. The summed E-state index contributed by atoms with van der Waals surface area (Å²) in [5.74, 6) is -1.96. The third-order valence-electron chi connectivity index (χ3n) is 5.68. The molecular weight excluding hydrogens is 464 g/mol. The lowest BCUT2D eigenvalue weighted by atomic mass is 10.1. The SMILES string of the molecule is O=C(O)c1cc(N2C(=O)/C(=C\c3ccc(-c4cccc(Cl)c4)[nH]3)C=C2c2ccccc2)ccc1O. The van der Waals surface area contributed by atoms with Gasteiger partial charge in [-0.05, 0) is 65.7 Å². The van der Waals surface area contributed by atoms with Gasteiger partial charge in [0, 0.05) is 22.0 Å². The molecule has 0 unspecified atom stereocenters. The highest BCUT2D eigenvalue weighted by Gasteiger charge is 2.31. The number of amides is 1. The molecule has 0 fully saturated rings. The molecule has 1 aliphatic heterocycles. The van der Waals surface area contributed by atoms with Gasteiger partial charge in [0.15, 0.2) is 0 Å². The Labute approximate surface area is 206 Å². The van der Waals surface area contributed by atoms with E-state index in [1.54, 1.807) is 18.2 Å². The van der Waals surface area contributed by atoms with Crippen molar-refractivity contribution in [2.45, 2.75) is 0 Å². The number of H-pyrrole nitrogens is 1. The van der Waals surface area contributed by atoms with Crippen molar-refractivity contribution in [2.24, 2.45) is 0 Å². The predicted molar refractivity (Wildman–Crippen MR) is 136 cm³/mol. The molecule has 1 aromatic heterocycles. The van der Waals surface area contributed by atoms with Crippen LogP contribution in [0.4, 0.5) is 5.69 Å². The van der Waals surface area contributed by atoms with Gasteiger partial charge in [0.25, 0.3) is 5.91 Å². The van der Waals surface area contributed by atoms with E-state index in [2.05, 4.69) is 4.98 Å². The van der Waals surface area contributed by atoms with Gasteiger partial charge in [-0.2, -0.15) is 0 Å². The van der Waals surface area contributed by atoms with Crippen molar-refractivity contribution in [2.75, 3.05) is 4.90 Å². The lowest BCUT2D eigenvalue weighted by molar-refractivity contribution is -0.113. The molecule has 6 nitrogen and oxygen atoms in total. The Morgan fingerprint density at radius 2 is 1.69 bits per heavy atom. The van der Waals surface area contributed by atoms with E-state index in [4.69, 9.17) is 11.6 Å². The summed E-state index contributed by atoms with van der Waals surface area (Å²) in [6.07, 6.45) is 3.52. The number of aromatic nitrogens is 1. The average Bonchev–Trinajstić information content (AvgIpc) is 3.45. The van der Waals surface area contributed by atoms with Gasteiger partial charge in [0.05, 0.1) is 11.4 Å². The number of hydrogen-bond donors (Lipinski definition) is 3. The van der Waals surface area contributed by atoms with Crippen LogP contribution in [0.25, 0.3) is 23.0 Å². The normalized spacial score (nSPS) is 14.4. The maximum atomic E-state index is 13.5. The first-order valence-corrected chi connectivity index (χ1v) is 11.1. The number of benzene rings is 3. The molecule has 0 radical (unpaired) electrons. The quantitative estimate of drug-likeness (QED) is 0.295. The third kappa shape index (κ3) is 4.35. The lowest BCUT2D eigenvalue weighted by Gasteiger charge is -2.21. The summed E-state index contributed by atoms with van der Waals surface area (Å²) in [7, 11) is 0. The number of halogens is 1. The molecule has 0 saturated heterocycles. The Kier molecular flexibility index (Phi) is 5.73. The van der Waals surface area contributed by atoms with E-state index in [0.29, 0.717) is 22.0 Å². The molecule has 7 heteroatoms.